The summed E-state index contributed by atoms with van der Waals surface area (Å²) in [5, 5.41) is 7.09. The minimum Gasteiger partial charge on any atom is -0.307 e. The molecular weight excluding hydrogens is 246 g/mol. The summed E-state index contributed by atoms with van der Waals surface area (Å²) >= 11 is 4.00. The van der Waals surface area contributed by atoms with Crippen LogP contribution in [0.3, 0.4) is 0 Å². The highest BCUT2D eigenvalue weighted by molar-refractivity contribution is 7.99. The van der Waals surface area contributed by atoms with E-state index in [1.165, 1.54) is 38.5 Å². The van der Waals surface area contributed by atoms with E-state index in [1.54, 1.807) is 10.4 Å². The zero-order valence-electron chi connectivity index (χ0n) is 10.4. The van der Waals surface area contributed by atoms with Gasteiger partial charge in [-0.05, 0) is 61.8 Å². The Morgan fingerprint density at radius 3 is 3.12 bits per heavy atom. The van der Waals surface area contributed by atoms with Gasteiger partial charge in [-0.2, -0.15) is 11.8 Å². The number of aryl methyl sites for hydroxylation is 1. The number of fused-ring (bicyclic) bond motifs is 1. The molecule has 1 fully saturated rings. The van der Waals surface area contributed by atoms with Crippen LogP contribution in [0.1, 0.15) is 48.6 Å². The number of hydrogen-bond acceptors (Lipinski definition) is 3. The standard InChI is InChI=1S/C14H21NS2/c1-16-11-6-5-10(9-11)15-13-3-2-4-14-12(13)7-8-17-14/h7-8,10-11,13,15H,2-6,9H2,1H3. The lowest BCUT2D eigenvalue weighted by atomic mass is 9.93. The topological polar surface area (TPSA) is 12.0 Å². The maximum Gasteiger partial charge on any atom is 0.0333 e. The normalized spacial score (nSPS) is 32.6. The molecule has 0 radical (unpaired) electrons. The number of thiophene rings is 1. The first-order chi connectivity index (χ1) is 8.36. The van der Waals surface area contributed by atoms with Crippen molar-refractivity contribution in [3.8, 4) is 0 Å². The van der Waals surface area contributed by atoms with Crippen molar-refractivity contribution in [2.75, 3.05) is 6.26 Å². The van der Waals surface area contributed by atoms with Crippen molar-refractivity contribution < 1.29 is 0 Å². The van der Waals surface area contributed by atoms with Crippen LogP contribution in [-0.4, -0.2) is 17.5 Å². The molecule has 94 valence electrons. The quantitative estimate of drug-likeness (QED) is 0.888. The molecule has 2 aliphatic carbocycles. The highest BCUT2D eigenvalue weighted by Gasteiger charge is 2.28. The second kappa shape index (κ2) is 5.33. The van der Waals surface area contributed by atoms with Gasteiger partial charge in [-0.15, -0.1) is 11.3 Å². The van der Waals surface area contributed by atoms with Gasteiger partial charge in [0.15, 0.2) is 0 Å². The fraction of sp³-hybridized carbons (Fsp3) is 0.714. The third kappa shape index (κ3) is 2.56. The zero-order chi connectivity index (χ0) is 11.7. The summed E-state index contributed by atoms with van der Waals surface area (Å²) < 4.78 is 0. The number of hydrogen-bond donors (Lipinski definition) is 1. The van der Waals surface area contributed by atoms with E-state index in [9.17, 15) is 0 Å². The van der Waals surface area contributed by atoms with Crippen molar-refractivity contribution in [1.29, 1.82) is 0 Å². The summed E-state index contributed by atoms with van der Waals surface area (Å²) in [4.78, 5) is 1.63. The molecule has 1 N–H and O–H groups in total. The maximum atomic E-state index is 3.92. The Kier molecular flexibility index (Phi) is 3.78. The summed E-state index contributed by atoms with van der Waals surface area (Å²) in [6.07, 6.45) is 10.4. The van der Waals surface area contributed by atoms with E-state index >= 15 is 0 Å². The molecule has 1 nitrogen and oxygen atoms in total. The second-order valence-corrected chi connectivity index (χ2v) is 7.42. The molecule has 3 heteroatoms. The van der Waals surface area contributed by atoms with E-state index in [0.29, 0.717) is 6.04 Å². The fourth-order valence-corrected chi connectivity index (χ4v) is 5.03. The van der Waals surface area contributed by atoms with Gasteiger partial charge in [0.1, 0.15) is 0 Å². The van der Waals surface area contributed by atoms with Crippen molar-refractivity contribution in [3.63, 3.8) is 0 Å². The maximum absolute atomic E-state index is 3.92. The third-order valence-corrected chi connectivity index (χ3v) is 6.30. The molecule has 1 heterocycles. The lowest BCUT2D eigenvalue weighted by Crippen LogP contribution is -2.32. The average Bonchev–Trinajstić information content (AvgIpc) is 2.97. The van der Waals surface area contributed by atoms with Crippen molar-refractivity contribution in [1.82, 2.24) is 5.32 Å². The molecule has 0 amide bonds. The van der Waals surface area contributed by atoms with Gasteiger partial charge in [0.05, 0.1) is 0 Å². The minimum atomic E-state index is 0.649. The summed E-state index contributed by atoms with van der Waals surface area (Å²) in [5.74, 6) is 0. The molecule has 3 rings (SSSR count). The molecule has 1 saturated carbocycles. The molecule has 0 aromatic carbocycles. The molecule has 0 saturated heterocycles. The third-order valence-electron chi connectivity index (χ3n) is 4.21. The number of rotatable bonds is 3. The number of thioether (sulfide) groups is 1. The van der Waals surface area contributed by atoms with Crippen molar-refractivity contribution in [2.45, 2.75) is 55.9 Å². The SMILES string of the molecule is CSC1CCC(NC2CCCc3sccc32)C1. The Balaban J connectivity index is 1.64. The van der Waals surface area contributed by atoms with Crippen LogP contribution in [0.15, 0.2) is 11.4 Å². The fourth-order valence-electron chi connectivity index (χ4n) is 3.25. The molecule has 0 bridgehead atoms. The van der Waals surface area contributed by atoms with Gasteiger partial charge in [-0.25, -0.2) is 0 Å². The van der Waals surface area contributed by atoms with E-state index in [0.717, 1.165) is 11.3 Å². The molecule has 2 aliphatic rings. The number of nitrogens with one attached hydrogen (secondary N) is 1. The van der Waals surface area contributed by atoms with Crippen LogP contribution in [0.5, 0.6) is 0 Å². The van der Waals surface area contributed by atoms with Crippen LogP contribution in [-0.2, 0) is 6.42 Å². The van der Waals surface area contributed by atoms with Gasteiger partial charge >= 0.3 is 0 Å². The molecule has 0 aliphatic heterocycles. The average molecular weight is 267 g/mol. The largest absolute Gasteiger partial charge is 0.307 e. The van der Waals surface area contributed by atoms with Crippen LogP contribution in [0.25, 0.3) is 0 Å². The molecule has 3 unspecified atom stereocenters. The van der Waals surface area contributed by atoms with Crippen LogP contribution in [0.2, 0.25) is 0 Å². The van der Waals surface area contributed by atoms with Gasteiger partial charge in [0.2, 0.25) is 0 Å². The van der Waals surface area contributed by atoms with Crippen LogP contribution >= 0.6 is 23.1 Å². The van der Waals surface area contributed by atoms with Crippen molar-refractivity contribution >= 4 is 23.1 Å². The summed E-state index contributed by atoms with van der Waals surface area (Å²) in [6.45, 7) is 0. The van der Waals surface area contributed by atoms with Gasteiger partial charge < -0.3 is 5.32 Å². The highest BCUT2D eigenvalue weighted by atomic mass is 32.2. The van der Waals surface area contributed by atoms with Gasteiger partial charge in [0, 0.05) is 22.2 Å². The molecule has 1 aromatic rings. The lowest BCUT2D eigenvalue weighted by molar-refractivity contribution is 0.400. The molecule has 0 spiro atoms. The second-order valence-electron chi connectivity index (χ2n) is 5.28. The summed E-state index contributed by atoms with van der Waals surface area (Å²) in [5.41, 5.74) is 1.61. The Bertz CT molecular complexity index is 374. The van der Waals surface area contributed by atoms with E-state index in [4.69, 9.17) is 0 Å². The van der Waals surface area contributed by atoms with Gasteiger partial charge in [-0.3, -0.25) is 0 Å². The Hall–Kier alpha value is 0.0100. The Labute approximate surface area is 112 Å². The first-order valence-corrected chi connectivity index (χ1v) is 8.88. The Morgan fingerprint density at radius 1 is 1.35 bits per heavy atom. The first-order valence-electron chi connectivity index (χ1n) is 6.72. The first kappa shape index (κ1) is 12.1. The predicted octanol–water partition coefficient (Wildman–Crippen LogP) is 4.00. The predicted molar refractivity (Wildman–Crippen MR) is 78.1 cm³/mol. The molecule has 1 aromatic heterocycles. The smallest absolute Gasteiger partial charge is 0.0333 e. The summed E-state index contributed by atoms with van der Waals surface area (Å²) in [7, 11) is 0. The molecular formula is C14H21NS2. The highest BCUT2D eigenvalue weighted by Crippen LogP contribution is 2.36. The monoisotopic (exact) mass is 267 g/mol. The van der Waals surface area contributed by atoms with Crippen molar-refractivity contribution in [2.24, 2.45) is 0 Å². The van der Waals surface area contributed by atoms with E-state index in [2.05, 4.69) is 23.0 Å². The molecule has 17 heavy (non-hydrogen) atoms. The van der Waals surface area contributed by atoms with E-state index in [-0.39, 0.29) is 0 Å². The zero-order valence-corrected chi connectivity index (χ0v) is 12.1. The summed E-state index contributed by atoms with van der Waals surface area (Å²) in [6, 6.07) is 3.76. The van der Waals surface area contributed by atoms with Crippen molar-refractivity contribution in [3.05, 3.63) is 21.9 Å². The van der Waals surface area contributed by atoms with Gasteiger partial charge in [0.25, 0.3) is 0 Å². The van der Waals surface area contributed by atoms with Crippen LogP contribution < -0.4 is 5.32 Å². The van der Waals surface area contributed by atoms with E-state index < -0.39 is 0 Å². The van der Waals surface area contributed by atoms with Crippen LogP contribution in [0, 0.1) is 0 Å². The Morgan fingerprint density at radius 2 is 2.29 bits per heavy atom. The van der Waals surface area contributed by atoms with E-state index in [1.807, 2.05) is 23.1 Å². The molecule has 3 atom stereocenters. The lowest BCUT2D eigenvalue weighted by Gasteiger charge is -2.27. The van der Waals surface area contributed by atoms with Crippen LogP contribution in [0.4, 0.5) is 0 Å². The minimum absolute atomic E-state index is 0.649. The van der Waals surface area contributed by atoms with Gasteiger partial charge in [-0.1, -0.05) is 0 Å².